The highest BCUT2D eigenvalue weighted by atomic mass is 16.5. The lowest BCUT2D eigenvalue weighted by atomic mass is 10.1. The van der Waals surface area contributed by atoms with Gasteiger partial charge in [0.05, 0.1) is 6.61 Å². The molecule has 0 rings (SSSR count). The zero-order chi connectivity index (χ0) is 12.7. The summed E-state index contributed by atoms with van der Waals surface area (Å²) in [5.41, 5.74) is 0. The van der Waals surface area contributed by atoms with Crippen LogP contribution in [0.15, 0.2) is 0 Å². The second kappa shape index (κ2) is 19.1. The summed E-state index contributed by atoms with van der Waals surface area (Å²) in [5.74, 6) is 0.688. The van der Waals surface area contributed by atoms with E-state index < -0.39 is 0 Å². The van der Waals surface area contributed by atoms with Crippen LogP contribution in [0, 0.1) is 5.92 Å². The lowest BCUT2D eigenvalue weighted by Gasteiger charge is -1.95. The van der Waals surface area contributed by atoms with Gasteiger partial charge >= 0.3 is 5.97 Å². The van der Waals surface area contributed by atoms with E-state index in [4.69, 9.17) is 5.11 Å². The van der Waals surface area contributed by atoms with Gasteiger partial charge in [0.2, 0.25) is 0 Å². The normalized spacial score (nSPS) is 8.27. The fourth-order valence-electron chi connectivity index (χ4n) is 0.781. The molecule has 0 spiro atoms. The number of rotatable bonds is 3. The number of carbonyl (C=O) groups is 1. The molecule has 0 bridgehead atoms. The molecule has 94 valence electrons. The van der Waals surface area contributed by atoms with Crippen LogP contribution < -0.4 is 0 Å². The standard InChI is InChI=1S/C6H14.C4H8O2.C2H6O/c1-4-5-6(2)3;1-3-6-4(2)5;1-2-3/h6H,4-5H2,1-3H3;3H2,1-2H3;3H,2H2,1H3. The Kier molecular flexibility index (Phi) is 25.3. The minimum absolute atomic E-state index is 0.211. The Morgan fingerprint density at radius 3 is 1.67 bits per heavy atom. The van der Waals surface area contributed by atoms with Crippen LogP contribution in [-0.4, -0.2) is 24.3 Å². The molecule has 3 heteroatoms. The highest BCUT2D eigenvalue weighted by molar-refractivity contribution is 5.65. The van der Waals surface area contributed by atoms with Crippen molar-refractivity contribution in [2.45, 2.75) is 54.4 Å². The molecule has 15 heavy (non-hydrogen) atoms. The van der Waals surface area contributed by atoms with E-state index >= 15 is 0 Å². The van der Waals surface area contributed by atoms with Crippen LogP contribution in [0.4, 0.5) is 0 Å². The maximum absolute atomic E-state index is 9.82. The minimum atomic E-state index is -0.211. The summed E-state index contributed by atoms with van der Waals surface area (Å²) >= 11 is 0. The van der Waals surface area contributed by atoms with Crippen molar-refractivity contribution in [3.05, 3.63) is 0 Å². The molecule has 0 saturated heterocycles. The summed E-state index contributed by atoms with van der Waals surface area (Å²) in [6, 6.07) is 0. The topological polar surface area (TPSA) is 46.5 Å². The molecular weight excluding hydrogens is 192 g/mol. The van der Waals surface area contributed by atoms with Gasteiger partial charge in [-0.25, -0.2) is 0 Å². The van der Waals surface area contributed by atoms with Gasteiger partial charge in [-0.1, -0.05) is 33.6 Å². The summed E-state index contributed by atoms with van der Waals surface area (Å²) in [5, 5.41) is 7.57. The fraction of sp³-hybridized carbons (Fsp3) is 0.917. The molecule has 0 aliphatic carbocycles. The van der Waals surface area contributed by atoms with Crippen LogP contribution >= 0.6 is 0 Å². The van der Waals surface area contributed by atoms with Gasteiger partial charge in [-0.3, -0.25) is 4.79 Å². The third-order valence-electron chi connectivity index (χ3n) is 1.21. The summed E-state index contributed by atoms with van der Waals surface area (Å²) in [6.07, 6.45) is 2.71. The molecule has 0 aromatic heterocycles. The highest BCUT2D eigenvalue weighted by Crippen LogP contribution is 2.00. The quantitative estimate of drug-likeness (QED) is 0.744. The van der Waals surface area contributed by atoms with Crippen molar-refractivity contribution in [3.63, 3.8) is 0 Å². The second-order valence-corrected chi connectivity index (χ2v) is 3.42. The smallest absolute Gasteiger partial charge is 0.302 e. The van der Waals surface area contributed by atoms with Crippen molar-refractivity contribution in [3.8, 4) is 0 Å². The SMILES string of the molecule is CCCC(C)C.CCO.CCOC(C)=O. The van der Waals surface area contributed by atoms with Gasteiger partial charge in [0.15, 0.2) is 0 Å². The van der Waals surface area contributed by atoms with Crippen LogP contribution in [0.3, 0.4) is 0 Å². The number of aliphatic hydroxyl groups excluding tert-OH is 1. The highest BCUT2D eigenvalue weighted by Gasteiger charge is 1.85. The van der Waals surface area contributed by atoms with Crippen LogP contribution in [0.1, 0.15) is 54.4 Å². The van der Waals surface area contributed by atoms with E-state index in [2.05, 4.69) is 25.5 Å². The first kappa shape index (κ1) is 19.9. The largest absolute Gasteiger partial charge is 0.466 e. The van der Waals surface area contributed by atoms with Crippen molar-refractivity contribution >= 4 is 5.97 Å². The molecule has 0 aliphatic heterocycles. The number of ether oxygens (including phenoxy) is 1. The Morgan fingerprint density at radius 2 is 1.67 bits per heavy atom. The van der Waals surface area contributed by atoms with Crippen molar-refractivity contribution in [2.75, 3.05) is 13.2 Å². The predicted molar refractivity (Wildman–Crippen MR) is 64.8 cm³/mol. The van der Waals surface area contributed by atoms with E-state index in [9.17, 15) is 4.79 Å². The molecule has 0 amide bonds. The van der Waals surface area contributed by atoms with Crippen LogP contribution in [0.5, 0.6) is 0 Å². The molecule has 0 radical (unpaired) electrons. The maximum atomic E-state index is 9.82. The first-order valence-corrected chi connectivity index (χ1v) is 5.70. The van der Waals surface area contributed by atoms with Gasteiger partial charge < -0.3 is 9.84 Å². The number of esters is 1. The Morgan fingerprint density at radius 1 is 1.27 bits per heavy atom. The number of carbonyl (C=O) groups excluding carboxylic acids is 1. The van der Waals surface area contributed by atoms with Crippen molar-refractivity contribution in [1.29, 1.82) is 0 Å². The first-order chi connectivity index (χ1) is 6.95. The summed E-state index contributed by atoms with van der Waals surface area (Å²) in [4.78, 5) is 9.82. The van der Waals surface area contributed by atoms with E-state index in [0.717, 1.165) is 5.92 Å². The van der Waals surface area contributed by atoms with Gasteiger partial charge in [-0.2, -0.15) is 0 Å². The lowest BCUT2D eigenvalue weighted by Crippen LogP contribution is -1.95. The van der Waals surface area contributed by atoms with Crippen molar-refractivity contribution < 1.29 is 14.6 Å². The minimum Gasteiger partial charge on any atom is -0.466 e. The Balaban J connectivity index is -0.000000153. The Hall–Kier alpha value is -0.570. The van der Waals surface area contributed by atoms with Crippen LogP contribution in [0.25, 0.3) is 0 Å². The molecular formula is C12H28O3. The molecule has 0 aliphatic rings. The number of aliphatic hydroxyl groups is 1. The summed E-state index contributed by atoms with van der Waals surface area (Å²) in [6.45, 7) is 12.3. The number of hydrogen-bond donors (Lipinski definition) is 1. The Labute approximate surface area is 94.8 Å². The third kappa shape index (κ3) is 59.5. The Bertz CT molecular complexity index is 111. The third-order valence-corrected chi connectivity index (χ3v) is 1.21. The second-order valence-electron chi connectivity index (χ2n) is 3.42. The van der Waals surface area contributed by atoms with E-state index in [1.54, 1.807) is 13.8 Å². The monoisotopic (exact) mass is 220 g/mol. The van der Waals surface area contributed by atoms with Gasteiger partial charge in [0.1, 0.15) is 0 Å². The molecule has 0 saturated carbocycles. The van der Waals surface area contributed by atoms with Crippen LogP contribution in [-0.2, 0) is 9.53 Å². The molecule has 0 fully saturated rings. The van der Waals surface area contributed by atoms with Crippen LogP contribution in [0.2, 0.25) is 0 Å². The number of hydrogen-bond acceptors (Lipinski definition) is 3. The van der Waals surface area contributed by atoms with Gasteiger partial charge in [0, 0.05) is 13.5 Å². The molecule has 0 aromatic carbocycles. The lowest BCUT2D eigenvalue weighted by molar-refractivity contribution is -0.140. The van der Waals surface area contributed by atoms with E-state index in [1.165, 1.54) is 19.8 Å². The van der Waals surface area contributed by atoms with E-state index in [1.807, 2.05) is 0 Å². The average molecular weight is 220 g/mol. The van der Waals surface area contributed by atoms with E-state index in [-0.39, 0.29) is 12.6 Å². The van der Waals surface area contributed by atoms with Crippen molar-refractivity contribution in [2.24, 2.45) is 5.92 Å². The molecule has 0 atom stereocenters. The van der Waals surface area contributed by atoms with Gasteiger partial charge in [-0.15, -0.1) is 0 Å². The van der Waals surface area contributed by atoms with Gasteiger partial charge in [0.25, 0.3) is 0 Å². The van der Waals surface area contributed by atoms with E-state index in [0.29, 0.717) is 6.61 Å². The van der Waals surface area contributed by atoms with Crippen molar-refractivity contribution in [1.82, 2.24) is 0 Å². The van der Waals surface area contributed by atoms with Gasteiger partial charge in [-0.05, 0) is 19.8 Å². The zero-order valence-electron chi connectivity index (χ0n) is 11.2. The molecule has 0 heterocycles. The first-order valence-electron chi connectivity index (χ1n) is 5.70. The molecule has 1 N–H and O–H groups in total. The molecule has 3 nitrogen and oxygen atoms in total. The molecule has 0 aromatic rings. The maximum Gasteiger partial charge on any atom is 0.302 e. The molecule has 0 unspecified atom stereocenters. The average Bonchev–Trinajstić information content (AvgIpc) is 2.05. The summed E-state index contributed by atoms with van der Waals surface area (Å²) < 4.78 is 4.40. The fourth-order valence-corrected chi connectivity index (χ4v) is 0.781. The summed E-state index contributed by atoms with van der Waals surface area (Å²) in [7, 11) is 0. The predicted octanol–water partition coefficient (Wildman–Crippen LogP) is 3.01. The zero-order valence-corrected chi connectivity index (χ0v) is 11.2.